The molecule has 10 heteroatoms. The van der Waals surface area contributed by atoms with Gasteiger partial charge in [-0.25, -0.2) is 14.6 Å². The number of carbonyl (C=O) groups excluding carboxylic acids is 4. The molecule has 10 nitrogen and oxygen atoms in total. The highest BCUT2D eigenvalue weighted by Gasteiger charge is 2.69. The molecule has 5 aliphatic carbocycles. The van der Waals surface area contributed by atoms with Crippen LogP contribution in [-0.4, -0.2) is 53.8 Å². The predicted octanol–water partition coefficient (Wildman–Crippen LogP) is 5.80. The van der Waals surface area contributed by atoms with Crippen LogP contribution in [-0.2, 0) is 28.7 Å². The third-order valence-electron chi connectivity index (χ3n) is 13.2. The Balaban J connectivity index is 1.33. The van der Waals surface area contributed by atoms with Crippen molar-refractivity contribution >= 4 is 29.6 Å². The second-order valence-corrected chi connectivity index (χ2v) is 15.9. The molecule has 0 radical (unpaired) electrons. The topological polar surface area (TPSA) is 141 Å². The number of imide groups is 1. The van der Waals surface area contributed by atoms with E-state index in [0.29, 0.717) is 35.6 Å². The molecule has 1 aromatic rings. The molecule has 1 saturated heterocycles. The lowest BCUT2D eigenvalue weighted by Crippen LogP contribution is -2.53. The summed E-state index contributed by atoms with van der Waals surface area (Å²) in [7, 11) is 1.93. The van der Waals surface area contributed by atoms with E-state index in [4.69, 9.17) is 15.2 Å². The molecule has 2 saturated carbocycles. The van der Waals surface area contributed by atoms with E-state index in [2.05, 4.69) is 36.3 Å². The average molecular weight is 693 g/mol. The smallest absolute Gasteiger partial charge is 0.340 e. The largest absolute Gasteiger partial charge is 0.427 e. The highest BCUT2D eigenvalue weighted by molar-refractivity contribution is 6.13. The normalized spacial score (nSPS) is 31.8. The number of allylic oxidation sites excluding steroid dienone is 4. The zero-order valence-corrected chi connectivity index (χ0v) is 29.8. The number of anilines is 1. The maximum Gasteiger partial charge on any atom is 0.340 e. The fourth-order valence-electron chi connectivity index (χ4n) is 10.9. The Labute approximate surface area is 299 Å². The van der Waals surface area contributed by atoms with Gasteiger partial charge in [0.05, 0.1) is 11.0 Å². The number of nitrogens with two attached hydrogens (primary N) is 1. The average Bonchev–Trinajstić information content (AvgIpc) is 3.88. The Morgan fingerprint density at radius 1 is 1.08 bits per heavy atom. The zero-order chi connectivity index (χ0) is 35.7. The van der Waals surface area contributed by atoms with Crippen LogP contribution in [0.3, 0.4) is 0 Å². The lowest BCUT2D eigenvalue weighted by atomic mass is 9.43. The SMILES string of the molecule is CCC1(C=C2OC(=O)C3=C2CC[C@@H]2[C@@H]3[C@]34CC[C@H]2C([C@H](CN2C(=O)C=CC2=O)c2ccnc(N)c2)=C3C(=O)OC4=CC[C@H](C)CNC)CCCC1. The summed E-state index contributed by atoms with van der Waals surface area (Å²) < 4.78 is 12.6. The van der Waals surface area contributed by atoms with Crippen LogP contribution in [0.2, 0.25) is 0 Å². The Morgan fingerprint density at radius 2 is 1.84 bits per heavy atom. The monoisotopic (exact) mass is 692 g/mol. The first-order chi connectivity index (χ1) is 24.6. The number of nitrogens with one attached hydrogen (secondary N) is 1. The number of aromatic nitrogens is 1. The Bertz CT molecular complexity index is 1850. The van der Waals surface area contributed by atoms with Gasteiger partial charge in [-0.3, -0.25) is 14.5 Å². The van der Waals surface area contributed by atoms with Gasteiger partial charge >= 0.3 is 11.9 Å². The second-order valence-electron chi connectivity index (χ2n) is 15.9. The van der Waals surface area contributed by atoms with Crippen LogP contribution in [0.15, 0.2) is 76.4 Å². The lowest BCUT2D eigenvalue weighted by molar-refractivity contribution is -0.137. The van der Waals surface area contributed by atoms with Crippen LogP contribution < -0.4 is 11.1 Å². The van der Waals surface area contributed by atoms with Gasteiger partial charge in [-0.2, -0.15) is 0 Å². The van der Waals surface area contributed by atoms with E-state index in [1.54, 1.807) is 12.3 Å². The molecule has 8 aliphatic rings. The molecule has 1 aromatic heterocycles. The summed E-state index contributed by atoms with van der Waals surface area (Å²) >= 11 is 0. The van der Waals surface area contributed by atoms with Gasteiger partial charge in [0.15, 0.2) is 0 Å². The summed E-state index contributed by atoms with van der Waals surface area (Å²) in [6.45, 7) is 5.25. The number of pyridine rings is 1. The minimum Gasteiger partial charge on any atom is -0.427 e. The van der Waals surface area contributed by atoms with E-state index < -0.39 is 17.3 Å². The van der Waals surface area contributed by atoms with Crippen LogP contribution in [0.4, 0.5) is 5.82 Å². The lowest BCUT2D eigenvalue weighted by Gasteiger charge is -2.57. The molecule has 51 heavy (non-hydrogen) atoms. The quantitative estimate of drug-likeness (QED) is 0.230. The van der Waals surface area contributed by atoms with Gasteiger partial charge in [-0.05, 0) is 124 Å². The van der Waals surface area contributed by atoms with Crippen molar-refractivity contribution in [2.24, 2.45) is 34.5 Å². The van der Waals surface area contributed by atoms with E-state index in [1.165, 1.54) is 29.9 Å². The Hall–Kier alpha value is -4.31. The van der Waals surface area contributed by atoms with Crippen molar-refractivity contribution < 1.29 is 28.7 Å². The maximum atomic E-state index is 14.5. The van der Waals surface area contributed by atoms with Crippen molar-refractivity contribution in [2.75, 3.05) is 25.9 Å². The minimum atomic E-state index is -0.870. The number of ether oxygens (including phenoxy) is 2. The first-order valence-corrected chi connectivity index (χ1v) is 18.9. The van der Waals surface area contributed by atoms with Gasteiger partial charge < -0.3 is 20.5 Å². The molecule has 4 heterocycles. The fourth-order valence-corrected chi connectivity index (χ4v) is 10.9. The number of amides is 2. The summed E-state index contributed by atoms with van der Waals surface area (Å²) in [6.07, 6.45) is 17.8. The van der Waals surface area contributed by atoms with Crippen molar-refractivity contribution in [1.82, 2.24) is 15.2 Å². The van der Waals surface area contributed by atoms with Crippen LogP contribution in [0, 0.1) is 34.5 Å². The van der Waals surface area contributed by atoms with Gasteiger partial charge in [0.2, 0.25) is 0 Å². The highest BCUT2D eigenvalue weighted by Crippen LogP contribution is 2.72. The summed E-state index contributed by atoms with van der Waals surface area (Å²) in [6, 6.07) is 3.63. The van der Waals surface area contributed by atoms with E-state index >= 15 is 0 Å². The zero-order valence-electron chi connectivity index (χ0n) is 29.8. The molecule has 6 atom stereocenters. The number of carbonyl (C=O) groups is 4. The van der Waals surface area contributed by atoms with E-state index in [9.17, 15) is 19.2 Å². The van der Waals surface area contributed by atoms with Crippen molar-refractivity contribution in [3.05, 3.63) is 82.0 Å². The van der Waals surface area contributed by atoms with Gasteiger partial charge in [0, 0.05) is 47.9 Å². The summed E-state index contributed by atoms with van der Waals surface area (Å²) in [5.74, 6) is -0.343. The first kappa shape index (κ1) is 33.8. The standard InChI is InChI=1S/C41H48N4O6/c1-4-40(15-5-6-16-40)20-29-27-9-8-26-25-13-17-41(36(26)35(27)38(48)50-29)30(10-7-23(2)21-43-3)51-39(49)37(41)34(25)28(24-14-18-44-31(42)19-24)22-45-32(46)11-12-33(45)47/h10-12,14,18-20,23,25-26,28,36,43H,4-9,13,15-17,21-22H2,1-3H3,(H2,42,44)/t23-,25+,26-,28+,36-,41+/m0/s1. The Kier molecular flexibility index (Phi) is 8.44. The number of nitrogens with zero attached hydrogens (tertiary/aromatic N) is 2. The maximum absolute atomic E-state index is 14.5. The summed E-state index contributed by atoms with van der Waals surface area (Å²) in [5, 5.41) is 3.25. The molecule has 2 amide bonds. The number of esters is 2. The van der Waals surface area contributed by atoms with Crippen molar-refractivity contribution in [1.29, 1.82) is 0 Å². The summed E-state index contributed by atoms with van der Waals surface area (Å²) in [5.41, 5.74) is 9.39. The molecular weight excluding hydrogens is 644 g/mol. The molecular formula is C41H48N4O6. The van der Waals surface area contributed by atoms with Crippen LogP contribution in [0.1, 0.15) is 89.5 Å². The number of hydrogen-bond acceptors (Lipinski definition) is 9. The second kappa shape index (κ2) is 12.7. The third kappa shape index (κ3) is 5.27. The van der Waals surface area contributed by atoms with E-state index in [0.717, 1.165) is 67.5 Å². The number of cyclic esters (lactones) is 2. The Morgan fingerprint density at radius 3 is 2.55 bits per heavy atom. The number of nitrogen functional groups attached to an aromatic ring is 1. The molecule has 1 spiro atoms. The number of hydrogen-bond donors (Lipinski definition) is 2. The molecule has 9 rings (SSSR count). The fraction of sp³-hybridized carbons (Fsp3) is 0.537. The minimum absolute atomic E-state index is 0.0344. The van der Waals surface area contributed by atoms with Crippen LogP contribution in [0.5, 0.6) is 0 Å². The van der Waals surface area contributed by atoms with E-state index in [1.807, 2.05) is 13.1 Å². The summed E-state index contributed by atoms with van der Waals surface area (Å²) in [4.78, 5) is 60.2. The van der Waals surface area contributed by atoms with Gasteiger partial charge in [-0.1, -0.05) is 26.7 Å². The van der Waals surface area contributed by atoms with Crippen molar-refractivity contribution in [3.63, 3.8) is 0 Å². The van der Waals surface area contributed by atoms with E-state index in [-0.39, 0.29) is 53.4 Å². The molecule has 268 valence electrons. The molecule has 3 aliphatic heterocycles. The molecule has 3 fully saturated rings. The molecule has 0 aromatic carbocycles. The van der Waals surface area contributed by atoms with Crippen molar-refractivity contribution in [2.45, 2.75) is 84.0 Å². The molecule has 0 unspecified atom stereocenters. The van der Waals surface area contributed by atoms with Gasteiger partial charge in [0.25, 0.3) is 11.8 Å². The third-order valence-corrected chi connectivity index (χ3v) is 13.2. The van der Waals surface area contributed by atoms with Gasteiger partial charge in [-0.15, -0.1) is 0 Å². The highest BCUT2D eigenvalue weighted by atomic mass is 16.5. The molecule has 2 bridgehead atoms. The first-order valence-electron chi connectivity index (χ1n) is 18.9. The van der Waals surface area contributed by atoms with Gasteiger partial charge in [0.1, 0.15) is 17.3 Å². The number of rotatable bonds is 10. The molecule has 3 N–H and O–H groups in total. The van der Waals surface area contributed by atoms with Crippen LogP contribution >= 0.6 is 0 Å². The van der Waals surface area contributed by atoms with Crippen molar-refractivity contribution in [3.8, 4) is 0 Å². The number of fused-ring (bicyclic) bond motifs is 1. The predicted molar refractivity (Wildman–Crippen MR) is 190 cm³/mol. The van der Waals surface area contributed by atoms with Crippen LogP contribution in [0.25, 0.3) is 0 Å².